The highest BCUT2D eigenvalue weighted by Gasteiger charge is 2.15. The molecule has 0 bridgehead atoms. The molecule has 0 aliphatic heterocycles. The lowest BCUT2D eigenvalue weighted by Gasteiger charge is -2.10. The highest BCUT2D eigenvalue weighted by atomic mass is 35.5. The van der Waals surface area contributed by atoms with Crippen molar-refractivity contribution in [2.24, 2.45) is 0 Å². The normalized spacial score (nSPS) is 10.0. The molecule has 1 N–H and O–H groups in total. The van der Waals surface area contributed by atoms with Crippen LogP contribution in [-0.4, -0.2) is 17.0 Å². The zero-order valence-electron chi connectivity index (χ0n) is 9.96. The van der Waals surface area contributed by atoms with Gasteiger partial charge in [-0.05, 0) is 24.3 Å². The van der Waals surface area contributed by atoms with E-state index in [0.717, 1.165) is 0 Å². The molecule has 0 atom stereocenters. The zero-order chi connectivity index (χ0) is 13.8. The molecule has 2 aromatic rings. The average Bonchev–Trinajstić information content (AvgIpc) is 2.39. The molecule has 0 fully saturated rings. The van der Waals surface area contributed by atoms with Crippen LogP contribution in [0.2, 0.25) is 5.02 Å². The van der Waals surface area contributed by atoms with E-state index in [0.29, 0.717) is 16.6 Å². The van der Waals surface area contributed by atoms with Crippen molar-refractivity contribution in [3.8, 4) is 5.88 Å². The summed E-state index contributed by atoms with van der Waals surface area (Å²) in [5.41, 5.74) is 0.731. The molecule has 7 heteroatoms. The minimum atomic E-state index is -0.485. The van der Waals surface area contributed by atoms with Crippen LogP contribution >= 0.6 is 11.6 Å². The van der Waals surface area contributed by atoms with Crippen molar-refractivity contribution >= 4 is 28.7 Å². The standard InChI is InChI=1S/C12H10ClN3O3/c1-19-12-9(3-2-6-14-12)15-10-7-8(13)4-5-11(10)16(17)18/h2-7,15H,1H3. The Morgan fingerprint density at radius 3 is 2.84 bits per heavy atom. The van der Waals surface area contributed by atoms with E-state index in [1.54, 1.807) is 18.3 Å². The number of nitrogens with one attached hydrogen (secondary N) is 1. The number of pyridine rings is 1. The number of methoxy groups -OCH3 is 1. The van der Waals surface area contributed by atoms with Gasteiger partial charge in [0.15, 0.2) is 0 Å². The zero-order valence-corrected chi connectivity index (χ0v) is 10.7. The van der Waals surface area contributed by atoms with E-state index in [1.807, 2.05) is 0 Å². The maximum atomic E-state index is 11.0. The third kappa shape index (κ3) is 2.92. The first-order valence-corrected chi connectivity index (χ1v) is 5.69. The molecule has 1 aromatic heterocycles. The Bertz CT molecular complexity index is 619. The predicted octanol–water partition coefficient (Wildman–Crippen LogP) is 3.40. The quantitative estimate of drug-likeness (QED) is 0.685. The van der Waals surface area contributed by atoms with E-state index in [9.17, 15) is 10.1 Å². The number of rotatable bonds is 4. The smallest absolute Gasteiger partial charge is 0.292 e. The first kappa shape index (κ1) is 13.1. The summed E-state index contributed by atoms with van der Waals surface area (Å²) in [6.07, 6.45) is 1.57. The summed E-state index contributed by atoms with van der Waals surface area (Å²) in [5, 5.41) is 14.3. The number of hydrogen-bond acceptors (Lipinski definition) is 5. The van der Waals surface area contributed by atoms with Gasteiger partial charge in [0, 0.05) is 17.3 Å². The van der Waals surface area contributed by atoms with Gasteiger partial charge in [-0.15, -0.1) is 0 Å². The van der Waals surface area contributed by atoms with Gasteiger partial charge in [-0.1, -0.05) is 11.6 Å². The molecule has 1 aromatic carbocycles. The minimum Gasteiger partial charge on any atom is -0.480 e. The lowest BCUT2D eigenvalue weighted by atomic mass is 10.2. The maximum Gasteiger partial charge on any atom is 0.292 e. The first-order valence-electron chi connectivity index (χ1n) is 5.32. The Hall–Kier alpha value is -2.34. The van der Waals surface area contributed by atoms with E-state index in [1.165, 1.54) is 25.3 Å². The molecule has 2 rings (SSSR count). The molecule has 0 radical (unpaired) electrons. The second-order valence-electron chi connectivity index (χ2n) is 3.60. The number of hydrogen-bond donors (Lipinski definition) is 1. The molecule has 6 nitrogen and oxygen atoms in total. The van der Waals surface area contributed by atoms with E-state index in [2.05, 4.69) is 10.3 Å². The van der Waals surface area contributed by atoms with Gasteiger partial charge in [0.25, 0.3) is 5.69 Å². The number of anilines is 2. The number of nitrogens with zero attached hydrogens (tertiary/aromatic N) is 2. The fourth-order valence-corrected chi connectivity index (χ4v) is 1.73. The number of ether oxygens (including phenoxy) is 1. The number of halogens is 1. The van der Waals surface area contributed by atoms with Gasteiger partial charge in [-0.25, -0.2) is 4.98 Å². The van der Waals surface area contributed by atoms with Crippen molar-refractivity contribution in [2.75, 3.05) is 12.4 Å². The molecule has 1 heterocycles. The second-order valence-corrected chi connectivity index (χ2v) is 4.04. The fraction of sp³-hybridized carbons (Fsp3) is 0.0833. The van der Waals surface area contributed by atoms with Crippen LogP contribution in [0.4, 0.5) is 17.1 Å². The monoisotopic (exact) mass is 279 g/mol. The lowest BCUT2D eigenvalue weighted by molar-refractivity contribution is -0.383. The third-order valence-electron chi connectivity index (χ3n) is 2.39. The summed E-state index contributed by atoms with van der Waals surface area (Å²) in [6, 6.07) is 7.68. The van der Waals surface area contributed by atoms with Crippen LogP contribution < -0.4 is 10.1 Å². The predicted molar refractivity (Wildman–Crippen MR) is 72.2 cm³/mol. The van der Waals surface area contributed by atoms with Gasteiger partial charge in [0.2, 0.25) is 5.88 Å². The number of nitro benzene ring substituents is 1. The van der Waals surface area contributed by atoms with Gasteiger partial charge in [0.1, 0.15) is 11.4 Å². The van der Waals surface area contributed by atoms with Crippen LogP contribution in [0.25, 0.3) is 0 Å². The van der Waals surface area contributed by atoms with Crippen molar-refractivity contribution < 1.29 is 9.66 Å². The Balaban J connectivity index is 2.42. The molecule has 0 aliphatic carbocycles. The van der Waals surface area contributed by atoms with Crippen molar-refractivity contribution in [1.29, 1.82) is 0 Å². The van der Waals surface area contributed by atoms with Gasteiger partial charge in [0.05, 0.1) is 12.0 Å². The molecule has 0 aliphatic rings. The maximum absolute atomic E-state index is 11.0. The summed E-state index contributed by atoms with van der Waals surface area (Å²) >= 11 is 5.85. The number of aromatic nitrogens is 1. The largest absolute Gasteiger partial charge is 0.480 e. The van der Waals surface area contributed by atoms with Crippen LogP contribution in [-0.2, 0) is 0 Å². The average molecular weight is 280 g/mol. The molecule has 98 valence electrons. The third-order valence-corrected chi connectivity index (χ3v) is 2.62. The van der Waals surface area contributed by atoms with Crippen molar-refractivity contribution in [3.63, 3.8) is 0 Å². The summed E-state index contributed by atoms with van der Waals surface area (Å²) < 4.78 is 5.07. The van der Waals surface area contributed by atoms with Gasteiger partial charge in [-0.3, -0.25) is 10.1 Å². The number of benzene rings is 1. The molecular formula is C12H10ClN3O3. The molecular weight excluding hydrogens is 270 g/mol. The minimum absolute atomic E-state index is 0.0738. The second kappa shape index (κ2) is 5.53. The van der Waals surface area contributed by atoms with Crippen LogP contribution in [0.15, 0.2) is 36.5 Å². The summed E-state index contributed by atoms with van der Waals surface area (Å²) in [7, 11) is 1.47. The Labute approximate surface area is 114 Å². The molecule has 0 unspecified atom stereocenters. The van der Waals surface area contributed by atoms with Crippen LogP contribution in [0.5, 0.6) is 5.88 Å². The van der Waals surface area contributed by atoms with E-state index >= 15 is 0 Å². The van der Waals surface area contributed by atoms with E-state index < -0.39 is 4.92 Å². The SMILES string of the molecule is COc1ncccc1Nc1cc(Cl)ccc1[N+](=O)[O-]. The van der Waals surface area contributed by atoms with Crippen LogP contribution in [0.1, 0.15) is 0 Å². The molecule has 0 spiro atoms. The number of nitro groups is 1. The summed E-state index contributed by atoms with van der Waals surface area (Å²) in [5.74, 6) is 0.344. The van der Waals surface area contributed by atoms with Gasteiger partial charge < -0.3 is 10.1 Å². The fourth-order valence-electron chi connectivity index (χ4n) is 1.56. The Morgan fingerprint density at radius 2 is 2.16 bits per heavy atom. The summed E-state index contributed by atoms with van der Waals surface area (Å²) in [4.78, 5) is 14.5. The topological polar surface area (TPSA) is 77.3 Å². The van der Waals surface area contributed by atoms with Gasteiger partial charge >= 0.3 is 0 Å². The van der Waals surface area contributed by atoms with Crippen LogP contribution in [0.3, 0.4) is 0 Å². The van der Waals surface area contributed by atoms with Crippen molar-refractivity contribution in [2.45, 2.75) is 0 Å². The Morgan fingerprint density at radius 1 is 1.37 bits per heavy atom. The van der Waals surface area contributed by atoms with Gasteiger partial charge in [-0.2, -0.15) is 0 Å². The van der Waals surface area contributed by atoms with E-state index in [-0.39, 0.29) is 11.4 Å². The van der Waals surface area contributed by atoms with Crippen LogP contribution in [0, 0.1) is 10.1 Å². The molecule has 19 heavy (non-hydrogen) atoms. The molecule has 0 amide bonds. The van der Waals surface area contributed by atoms with Crippen molar-refractivity contribution in [3.05, 3.63) is 51.7 Å². The Kier molecular flexibility index (Phi) is 3.82. The highest BCUT2D eigenvalue weighted by Crippen LogP contribution is 2.32. The highest BCUT2D eigenvalue weighted by molar-refractivity contribution is 6.31. The molecule has 0 saturated carbocycles. The lowest BCUT2D eigenvalue weighted by Crippen LogP contribution is -1.99. The molecule has 0 saturated heterocycles. The van der Waals surface area contributed by atoms with Crippen molar-refractivity contribution in [1.82, 2.24) is 4.98 Å². The first-order chi connectivity index (χ1) is 9.11. The van der Waals surface area contributed by atoms with E-state index in [4.69, 9.17) is 16.3 Å². The summed E-state index contributed by atoms with van der Waals surface area (Å²) in [6.45, 7) is 0.